The summed E-state index contributed by atoms with van der Waals surface area (Å²) in [6.45, 7) is 2.87. The zero-order chi connectivity index (χ0) is 18.1. The number of benzene rings is 1. The first kappa shape index (κ1) is 16.5. The van der Waals surface area contributed by atoms with Crippen LogP contribution in [-0.2, 0) is 11.3 Å². The van der Waals surface area contributed by atoms with E-state index in [0.29, 0.717) is 24.0 Å². The van der Waals surface area contributed by atoms with Crippen molar-refractivity contribution >= 4 is 16.8 Å². The van der Waals surface area contributed by atoms with Gasteiger partial charge in [-0.05, 0) is 31.9 Å². The number of rotatable bonds is 4. The maximum Gasteiger partial charge on any atom is 0.261 e. The van der Waals surface area contributed by atoms with E-state index in [-0.39, 0.29) is 23.9 Å². The monoisotopic (exact) mass is 352 g/mol. The maximum absolute atomic E-state index is 12.7. The van der Waals surface area contributed by atoms with Crippen LogP contribution in [0, 0.1) is 6.92 Å². The van der Waals surface area contributed by atoms with Gasteiger partial charge in [-0.25, -0.2) is 4.98 Å². The molecule has 0 aliphatic carbocycles. The molecule has 1 unspecified atom stereocenters. The van der Waals surface area contributed by atoms with Gasteiger partial charge in [0.05, 0.1) is 23.3 Å². The van der Waals surface area contributed by atoms with Crippen molar-refractivity contribution in [3.8, 4) is 0 Å². The molecule has 0 radical (unpaired) electrons. The third-order valence-corrected chi connectivity index (χ3v) is 4.86. The Morgan fingerprint density at radius 2 is 2.19 bits per heavy atom. The summed E-state index contributed by atoms with van der Waals surface area (Å²) in [4.78, 5) is 31.4. The van der Waals surface area contributed by atoms with Crippen LogP contribution in [0.4, 0.5) is 0 Å². The third-order valence-electron chi connectivity index (χ3n) is 4.86. The summed E-state index contributed by atoms with van der Waals surface area (Å²) < 4.78 is 6.65. The van der Waals surface area contributed by atoms with Crippen molar-refractivity contribution < 1.29 is 9.32 Å². The van der Waals surface area contributed by atoms with Crippen molar-refractivity contribution in [2.24, 2.45) is 0 Å². The second-order valence-electron chi connectivity index (χ2n) is 6.62. The van der Waals surface area contributed by atoms with Gasteiger partial charge in [-0.15, -0.1) is 0 Å². The molecule has 0 bridgehead atoms. The van der Waals surface area contributed by atoms with Crippen molar-refractivity contribution in [1.82, 2.24) is 19.6 Å². The fourth-order valence-electron chi connectivity index (χ4n) is 3.54. The molecule has 7 nitrogen and oxygen atoms in total. The van der Waals surface area contributed by atoms with Crippen LogP contribution in [0.1, 0.15) is 36.8 Å². The second kappa shape index (κ2) is 6.74. The molecule has 0 N–H and O–H groups in total. The van der Waals surface area contributed by atoms with E-state index in [1.165, 1.54) is 10.9 Å². The molecule has 3 heterocycles. The predicted octanol–water partition coefficient (Wildman–Crippen LogP) is 2.45. The molecule has 7 heteroatoms. The molecule has 2 aromatic heterocycles. The van der Waals surface area contributed by atoms with E-state index in [9.17, 15) is 9.59 Å². The van der Waals surface area contributed by atoms with Crippen LogP contribution in [-0.4, -0.2) is 32.1 Å². The summed E-state index contributed by atoms with van der Waals surface area (Å²) in [5.74, 6) is 0.765. The van der Waals surface area contributed by atoms with Crippen LogP contribution in [0.3, 0.4) is 0 Å². The quantitative estimate of drug-likeness (QED) is 0.720. The highest BCUT2D eigenvalue weighted by Gasteiger charge is 2.31. The molecule has 3 aromatic rings. The van der Waals surface area contributed by atoms with Crippen LogP contribution >= 0.6 is 0 Å². The van der Waals surface area contributed by atoms with Gasteiger partial charge in [0.1, 0.15) is 11.5 Å². The van der Waals surface area contributed by atoms with E-state index in [0.717, 1.165) is 24.3 Å². The van der Waals surface area contributed by atoms with Crippen LogP contribution in [0.15, 0.2) is 46.0 Å². The Bertz CT molecular complexity index is 1010. The molecular formula is C19H20N4O3. The Morgan fingerprint density at radius 1 is 1.35 bits per heavy atom. The topological polar surface area (TPSA) is 81.2 Å². The summed E-state index contributed by atoms with van der Waals surface area (Å²) in [7, 11) is 0. The number of likely N-dealkylation sites (tertiary alicyclic amines) is 1. The number of carbonyl (C=O) groups excluding carboxylic acids is 1. The number of aryl methyl sites for hydroxylation is 2. The van der Waals surface area contributed by atoms with E-state index < -0.39 is 0 Å². The van der Waals surface area contributed by atoms with Gasteiger partial charge in [0.2, 0.25) is 5.91 Å². The van der Waals surface area contributed by atoms with E-state index in [1.54, 1.807) is 12.1 Å². The van der Waals surface area contributed by atoms with E-state index in [4.69, 9.17) is 4.52 Å². The lowest BCUT2D eigenvalue weighted by Gasteiger charge is -2.23. The fraction of sp³-hybridized carbons (Fsp3) is 0.368. The largest absolute Gasteiger partial charge is 0.361 e. The van der Waals surface area contributed by atoms with Crippen LogP contribution in [0.25, 0.3) is 10.9 Å². The molecule has 1 fully saturated rings. The Balaban J connectivity index is 1.48. The lowest BCUT2D eigenvalue weighted by Crippen LogP contribution is -2.32. The summed E-state index contributed by atoms with van der Waals surface area (Å²) in [5.41, 5.74) is 1.35. The Labute approximate surface area is 150 Å². The minimum absolute atomic E-state index is 0.0215. The minimum atomic E-state index is -0.117. The van der Waals surface area contributed by atoms with E-state index >= 15 is 0 Å². The van der Waals surface area contributed by atoms with Crippen molar-refractivity contribution in [3.05, 3.63) is 58.5 Å². The third kappa shape index (κ3) is 3.00. The van der Waals surface area contributed by atoms with Gasteiger partial charge in [0.25, 0.3) is 5.56 Å². The SMILES string of the molecule is Cc1cc(C2CCCN2C(=O)CCn2cnc3ccccc3c2=O)no1. The Morgan fingerprint density at radius 3 is 3.00 bits per heavy atom. The maximum atomic E-state index is 12.7. The lowest BCUT2D eigenvalue weighted by atomic mass is 10.1. The molecular weight excluding hydrogens is 332 g/mol. The Hall–Kier alpha value is -2.96. The average Bonchev–Trinajstić information content (AvgIpc) is 3.30. The number of hydrogen-bond donors (Lipinski definition) is 0. The lowest BCUT2D eigenvalue weighted by molar-refractivity contribution is -0.132. The average molecular weight is 352 g/mol. The summed E-state index contributed by atoms with van der Waals surface area (Å²) in [6, 6.07) is 9.07. The summed E-state index contributed by atoms with van der Waals surface area (Å²) >= 11 is 0. The van der Waals surface area contributed by atoms with Gasteiger partial charge in [0.15, 0.2) is 0 Å². The zero-order valence-electron chi connectivity index (χ0n) is 14.6. The molecule has 1 amide bonds. The number of para-hydroxylation sites is 1. The molecule has 1 aromatic carbocycles. The highest BCUT2D eigenvalue weighted by Crippen LogP contribution is 2.31. The van der Waals surface area contributed by atoms with Gasteiger partial charge >= 0.3 is 0 Å². The van der Waals surface area contributed by atoms with E-state index in [2.05, 4.69) is 10.1 Å². The number of nitrogens with zero attached hydrogens (tertiary/aromatic N) is 4. The summed E-state index contributed by atoms with van der Waals surface area (Å²) in [5, 5.41) is 4.63. The standard InChI is InChI=1S/C19H20N4O3/c1-13-11-16(21-26-13)17-7-4-9-23(17)18(24)8-10-22-12-20-15-6-3-2-5-14(15)19(22)25/h2-3,5-6,11-12,17H,4,7-10H2,1H3. The van der Waals surface area contributed by atoms with Gasteiger partial charge in [-0.2, -0.15) is 0 Å². The molecule has 0 saturated carbocycles. The molecule has 4 rings (SSSR count). The number of carbonyl (C=O) groups is 1. The van der Waals surface area contributed by atoms with Crippen molar-refractivity contribution in [3.63, 3.8) is 0 Å². The number of hydrogen-bond acceptors (Lipinski definition) is 5. The first-order valence-corrected chi connectivity index (χ1v) is 8.80. The predicted molar refractivity (Wildman–Crippen MR) is 95.5 cm³/mol. The Kier molecular flexibility index (Phi) is 4.28. The molecule has 1 saturated heterocycles. The molecule has 1 aliphatic heterocycles. The normalized spacial score (nSPS) is 17.1. The van der Waals surface area contributed by atoms with Crippen molar-refractivity contribution in [2.75, 3.05) is 6.54 Å². The van der Waals surface area contributed by atoms with Gasteiger partial charge < -0.3 is 9.42 Å². The van der Waals surface area contributed by atoms with Crippen LogP contribution in [0.5, 0.6) is 0 Å². The van der Waals surface area contributed by atoms with Gasteiger partial charge in [-0.1, -0.05) is 17.3 Å². The molecule has 26 heavy (non-hydrogen) atoms. The first-order chi connectivity index (χ1) is 12.6. The molecule has 1 atom stereocenters. The molecule has 0 spiro atoms. The smallest absolute Gasteiger partial charge is 0.261 e. The number of amides is 1. The number of aromatic nitrogens is 3. The van der Waals surface area contributed by atoms with Gasteiger partial charge in [-0.3, -0.25) is 14.2 Å². The highest BCUT2D eigenvalue weighted by molar-refractivity contribution is 5.78. The van der Waals surface area contributed by atoms with Crippen LogP contribution in [0.2, 0.25) is 0 Å². The van der Waals surface area contributed by atoms with Crippen molar-refractivity contribution in [1.29, 1.82) is 0 Å². The minimum Gasteiger partial charge on any atom is -0.361 e. The number of fused-ring (bicyclic) bond motifs is 1. The molecule has 1 aliphatic rings. The molecule has 134 valence electrons. The van der Waals surface area contributed by atoms with E-state index in [1.807, 2.05) is 30.0 Å². The van der Waals surface area contributed by atoms with Crippen molar-refractivity contribution in [2.45, 2.75) is 38.8 Å². The fourth-order valence-corrected chi connectivity index (χ4v) is 3.54. The highest BCUT2D eigenvalue weighted by atomic mass is 16.5. The summed E-state index contributed by atoms with van der Waals surface area (Å²) in [6.07, 6.45) is 3.60. The van der Waals surface area contributed by atoms with Gasteiger partial charge in [0, 0.05) is 25.6 Å². The first-order valence-electron chi connectivity index (χ1n) is 8.80. The van der Waals surface area contributed by atoms with Crippen LogP contribution < -0.4 is 5.56 Å². The zero-order valence-corrected chi connectivity index (χ0v) is 14.6. The second-order valence-corrected chi connectivity index (χ2v) is 6.62.